The number of hydrogen-bond acceptors (Lipinski definition) is 3. The molecule has 0 saturated carbocycles. The van der Waals surface area contributed by atoms with Crippen LogP contribution in [0.2, 0.25) is 0 Å². The first-order chi connectivity index (χ1) is 8.38. The average Bonchev–Trinajstić information content (AvgIpc) is 2.26. The smallest absolute Gasteiger partial charge is 0.323 e. The highest BCUT2D eigenvalue weighted by atomic mass is 16.4. The highest BCUT2D eigenvalue weighted by molar-refractivity contribution is 5.80. The van der Waals surface area contributed by atoms with Gasteiger partial charge in [-0.25, -0.2) is 4.79 Å². The molecule has 104 valence electrons. The van der Waals surface area contributed by atoms with Crippen LogP contribution in [0.25, 0.3) is 0 Å². The molecule has 0 aliphatic carbocycles. The van der Waals surface area contributed by atoms with Gasteiger partial charge in [-0.15, -0.1) is 6.58 Å². The number of carbonyl (C=O) groups is 2. The second kappa shape index (κ2) is 8.52. The molecule has 0 aromatic rings. The van der Waals surface area contributed by atoms with Crippen molar-refractivity contribution in [1.82, 2.24) is 14.7 Å². The number of amides is 2. The molecule has 1 N–H and O–H groups in total. The van der Waals surface area contributed by atoms with Crippen molar-refractivity contribution >= 4 is 12.0 Å². The van der Waals surface area contributed by atoms with E-state index < -0.39 is 5.97 Å². The summed E-state index contributed by atoms with van der Waals surface area (Å²) in [4.78, 5) is 27.5. The fraction of sp³-hybridized carbons (Fsp3) is 0.667. The molecule has 0 aliphatic heterocycles. The second-order valence-electron chi connectivity index (χ2n) is 4.42. The molecule has 0 radical (unpaired) electrons. The molecule has 0 aromatic heterocycles. The lowest BCUT2D eigenvalue weighted by molar-refractivity contribution is -0.137. The number of urea groups is 1. The molecular formula is C12H23N3O3. The van der Waals surface area contributed by atoms with Gasteiger partial charge in [-0.3, -0.25) is 4.79 Å². The van der Waals surface area contributed by atoms with Crippen LogP contribution in [0.5, 0.6) is 0 Å². The normalized spacial score (nSPS) is 10.2. The highest BCUT2D eigenvalue weighted by Crippen LogP contribution is 1.99. The van der Waals surface area contributed by atoms with Crippen LogP contribution in [0.15, 0.2) is 12.7 Å². The molecule has 2 amide bonds. The van der Waals surface area contributed by atoms with E-state index in [9.17, 15) is 9.59 Å². The Hall–Kier alpha value is -1.56. The van der Waals surface area contributed by atoms with E-state index in [4.69, 9.17) is 5.11 Å². The van der Waals surface area contributed by atoms with Crippen molar-refractivity contribution in [2.45, 2.75) is 6.42 Å². The lowest BCUT2D eigenvalue weighted by atomic mass is 10.3. The largest absolute Gasteiger partial charge is 0.480 e. The molecule has 0 fully saturated rings. The third-order valence-electron chi connectivity index (χ3n) is 2.37. The van der Waals surface area contributed by atoms with Crippen LogP contribution in [0.3, 0.4) is 0 Å². The predicted octanol–water partition coefficient (Wildman–Crippen LogP) is 0.563. The van der Waals surface area contributed by atoms with Gasteiger partial charge < -0.3 is 19.8 Å². The summed E-state index contributed by atoms with van der Waals surface area (Å²) in [5.74, 6) is -1.02. The quantitative estimate of drug-likeness (QED) is 0.645. The Morgan fingerprint density at radius 2 is 1.83 bits per heavy atom. The zero-order valence-electron chi connectivity index (χ0n) is 11.4. The Morgan fingerprint density at radius 3 is 2.28 bits per heavy atom. The van der Waals surface area contributed by atoms with Crippen LogP contribution in [0.1, 0.15) is 6.42 Å². The first-order valence-electron chi connectivity index (χ1n) is 5.86. The molecule has 0 saturated heterocycles. The van der Waals surface area contributed by atoms with Crippen molar-refractivity contribution < 1.29 is 14.7 Å². The van der Waals surface area contributed by atoms with Crippen molar-refractivity contribution in [1.29, 1.82) is 0 Å². The molecule has 0 spiro atoms. The number of nitrogens with zero attached hydrogens (tertiary/aromatic N) is 3. The molecule has 0 unspecified atom stereocenters. The highest BCUT2D eigenvalue weighted by Gasteiger charge is 2.18. The maximum Gasteiger partial charge on any atom is 0.323 e. The Bertz CT molecular complexity index is 292. The molecule has 0 aliphatic rings. The van der Waals surface area contributed by atoms with Gasteiger partial charge in [0.15, 0.2) is 0 Å². The lowest BCUT2D eigenvalue weighted by Crippen LogP contribution is -2.44. The molecule has 0 bridgehead atoms. The van der Waals surface area contributed by atoms with E-state index in [0.717, 1.165) is 13.0 Å². The number of carboxylic acids is 1. The van der Waals surface area contributed by atoms with Crippen molar-refractivity contribution in [2.24, 2.45) is 0 Å². The second-order valence-corrected chi connectivity index (χ2v) is 4.42. The number of aliphatic carboxylic acids is 1. The standard InChI is InChI=1S/C12H23N3O3/c1-5-7-15(10-11(16)17)12(18)14(4)9-6-8-13(2)3/h5H,1,6-10H2,2-4H3,(H,16,17). The molecule has 6 nitrogen and oxygen atoms in total. The summed E-state index contributed by atoms with van der Waals surface area (Å²) < 4.78 is 0. The van der Waals surface area contributed by atoms with Gasteiger partial charge in [-0.2, -0.15) is 0 Å². The Labute approximate surface area is 108 Å². The van der Waals surface area contributed by atoms with Crippen LogP contribution < -0.4 is 0 Å². The molecule has 0 heterocycles. The zero-order valence-corrected chi connectivity index (χ0v) is 11.4. The Morgan fingerprint density at radius 1 is 1.22 bits per heavy atom. The number of carboxylic acid groups (broad SMARTS) is 1. The van der Waals surface area contributed by atoms with E-state index in [-0.39, 0.29) is 19.1 Å². The van der Waals surface area contributed by atoms with Gasteiger partial charge in [-0.05, 0) is 27.1 Å². The number of carbonyl (C=O) groups excluding carboxylic acids is 1. The SMILES string of the molecule is C=CCN(CC(=O)O)C(=O)N(C)CCCN(C)C. The molecule has 18 heavy (non-hydrogen) atoms. The third kappa shape index (κ3) is 6.90. The van der Waals surface area contributed by atoms with Crippen molar-refractivity contribution in [3.8, 4) is 0 Å². The first kappa shape index (κ1) is 16.4. The monoisotopic (exact) mass is 257 g/mol. The van der Waals surface area contributed by atoms with Gasteiger partial charge >= 0.3 is 12.0 Å². The predicted molar refractivity (Wildman–Crippen MR) is 70.6 cm³/mol. The first-order valence-corrected chi connectivity index (χ1v) is 5.86. The van der Waals surface area contributed by atoms with Crippen LogP contribution >= 0.6 is 0 Å². The lowest BCUT2D eigenvalue weighted by Gasteiger charge is -2.26. The van der Waals surface area contributed by atoms with Crippen molar-refractivity contribution in [3.05, 3.63) is 12.7 Å². The summed E-state index contributed by atoms with van der Waals surface area (Å²) in [6.07, 6.45) is 2.37. The summed E-state index contributed by atoms with van der Waals surface area (Å²) in [5, 5.41) is 8.74. The third-order valence-corrected chi connectivity index (χ3v) is 2.37. The van der Waals surface area contributed by atoms with Crippen molar-refractivity contribution in [3.63, 3.8) is 0 Å². The summed E-state index contributed by atoms with van der Waals surface area (Å²) >= 11 is 0. The van der Waals surface area contributed by atoms with Crippen molar-refractivity contribution in [2.75, 3.05) is 47.3 Å². The molecule has 0 aromatic carbocycles. The van der Waals surface area contributed by atoms with E-state index in [1.54, 1.807) is 7.05 Å². The van der Waals surface area contributed by atoms with Gasteiger partial charge in [0.05, 0.1) is 0 Å². The minimum absolute atomic E-state index is 0.239. The van der Waals surface area contributed by atoms with E-state index in [1.165, 1.54) is 15.9 Å². The van der Waals surface area contributed by atoms with E-state index in [2.05, 4.69) is 6.58 Å². The maximum absolute atomic E-state index is 12.0. The van der Waals surface area contributed by atoms with Gasteiger partial charge in [0.1, 0.15) is 6.54 Å². The Kier molecular flexibility index (Phi) is 7.78. The van der Waals surface area contributed by atoms with Crippen LogP contribution in [-0.4, -0.2) is 79.1 Å². The minimum Gasteiger partial charge on any atom is -0.480 e. The van der Waals surface area contributed by atoms with E-state index >= 15 is 0 Å². The molecule has 0 atom stereocenters. The summed E-state index contributed by atoms with van der Waals surface area (Å²) in [6, 6.07) is -0.281. The van der Waals surface area contributed by atoms with E-state index in [0.29, 0.717) is 6.54 Å². The zero-order chi connectivity index (χ0) is 14.1. The summed E-state index contributed by atoms with van der Waals surface area (Å²) in [5.41, 5.74) is 0. The average molecular weight is 257 g/mol. The molecule has 6 heteroatoms. The van der Waals surface area contributed by atoms with Gasteiger partial charge in [0.2, 0.25) is 0 Å². The van der Waals surface area contributed by atoms with Crippen LogP contribution in [0, 0.1) is 0 Å². The topological polar surface area (TPSA) is 64.1 Å². The summed E-state index contributed by atoms with van der Waals surface area (Å²) in [6.45, 7) is 4.95. The van der Waals surface area contributed by atoms with Gasteiger partial charge in [0, 0.05) is 20.1 Å². The Balaban J connectivity index is 4.27. The maximum atomic E-state index is 12.0. The summed E-state index contributed by atoms with van der Waals surface area (Å²) in [7, 11) is 5.61. The van der Waals surface area contributed by atoms with Crippen LogP contribution in [-0.2, 0) is 4.79 Å². The molecular weight excluding hydrogens is 234 g/mol. The van der Waals surface area contributed by atoms with Gasteiger partial charge in [0.25, 0.3) is 0 Å². The molecule has 0 rings (SSSR count). The number of rotatable bonds is 8. The van der Waals surface area contributed by atoms with Gasteiger partial charge in [-0.1, -0.05) is 6.08 Å². The van der Waals surface area contributed by atoms with Crippen LogP contribution in [0.4, 0.5) is 4.79 Å². The minimum atomic E-state index is -1.02. The van der Waals surface area contributed by atoms with E-state index in [1.807, 2.05) is 19.0 Å². The fourth-order valence-electron chi connectivity index (χ4n) is 1.49. The fourth-order valence-corrected chi connectivity index (χ4v) is 1.49. The number of hydrogen-bond donors (Lipinski definition) is 1.